The van der Waals surface area contributed by atoms with Gasteiger partial charge >= 0.3 is 0 Å². The zero-order valence-corrected chi connectivity index (χ0v) is 12.1. The number of methoxy groups -OCH3 is 2. The fourth-order valence-electron chi connectivity index (χ4n) is 2.07. The summed E-state index contributed by atoms with van der Waals surface area (Å²) >= 11 is 0. The average molecular weight is 283 g/mol. The van der Waals surface area contributed by atoms with Crippen molar-refractivity contribution >= 4 is 0 Å². The van der Waals surface area contributed by atoms with E-state index in [9.17, 15) is 0 Å². The first-order valence-corrected chi connectivity index (χ1v) is 6.55. The lowest BCUT2D eigenvalue weighted by atomic mass is 10.1. The second-order valence-corrected chi connectivity index (χ2v) is 4.46. The number of hydrogen-bond donors (Lipinski definition) is 0. The van der Waals surface area contributed by atoms with Gasteiger partial charge in [0.25, 0.3) is 0 Å². The first kappa shape index (κ1) is 14.9. The molecule has 0 saturated heterocycles. The van der Waals surface area contributed by atoms with Gasteiger partial charge in [-0.05, 0) is 11.6 Å². The van der Waals surface area contributed by atoms with E-state index >= 15 is 0 Å². The third kappa shape index (κ3) is 3.74. The smallest absolute Gasteiger partial charge is 0.166 e. The summed E-state index contributed by atoms with van der Waals surface area (Å²) in [5.41, 5.74) is 2.41. The molecule has 0 aromatic heterocycles. The topological polar surface area (TPSA) is 51.5 Å². The van der Waals surface area contributed by atoms with E-state index in [1.54, 1.807) is 26.4 Å². The van der Waals surface area contributed by atoms with Gasteiger partial charge in [-0.3, -0.25) is 0 Å². The van der Waals surface area contributed by atoms with Crippen LogP contribution < -0.4 is 9.47 Å². The molecule has 4 heteroatoms. The van der Waals surface area contributed by atoms with Crippen LogP contribution in [-0.2, 0) is 18.0 Å². The highest BCUT2D eigenvalue weighted by Gasteiger charge is 2.12. The number of ether oxygens (including phenoxy) is 3. The van der Waals surface area contributed by atoms with Crippen LogP contribution in [0, 0.1) is 11.3 Å². The Balaban J connectivity index is 2.13. The number of rotatable bonds is 6. The molecule has 0 atom stereocenters. The van der Waals surface area contributed by atoms with E-state index in [1.807, 2.05) is 30.3 Å². The Morgan fingerprint density at radius 3 is 2.38 bits per heavy atom. The summed E-state index contributed by atoms with van der Waals surface area (Å²) in [6, 6.07) is 15.4. The third-order valence-corrected chi connectivity index (χ3v) is 3.05. The van der Waals surface area contributed by atoms with Gasteiger partial charge in [-0.2, -0.15) is 5.26 Å². The lowest BCUT2D eigenvalue weighted by molar-refractivity contribution is 0.105. The second-order valence-electron chi connectivity index (χ2n) is 4.46. The van der Waals surface area contributed by atoms with Crippen molar-refractivity contribution in [2.45, 2.75) is 13.2 Å². The summed E-state index contributed by atoms with van der Waals surface area (Å²) in [7, 11) is 3.12. The molecule has 0 fully saturated rings. The highest BCUT2D eigenvalue weighted by molar-refractivity contribution is 5.52. The molecule has 0 aliphatic heterocycles. The molecule has 0 amide bonds. The summed E-state index contributed by atoms with van der Waals surface area (Å²) in [6.45, 7) is 0.854. The number of benzene rings is 2. The molecule has 2 aromatic rings. The van der Waals surface area contributed by atoms with Gasteiger partial charge in [0, 0.05) is 11.6 Å². The van der Waals surface area contributed by atoms with E-state index in [4.69, 9.17) is 19.5 Å². The van der Waals surface area contributed by atoms with Crippen LogP contribution in [0.2, 0.25) is 0 Å². The molecule has 21 heavy (non-hydrogen) atoms. The van der Waals surface area contributed by atoms with E-state index < -0.39 is 0 Å². The van der Waals surface area contributed by atoms with E-state index in [0.717, 1.165) is 11.1 Å². The normalized spacial score (nSPS) is 9.95. The van der Waals surface area contributed by atoms with Gasteiger partial charge in [0.15, 0.2) is 11.5 Å². The van der Waals surface area contributed by atoms with Crippen LogP contribution in [0.5, 0.6) is 11.5 Å². The van der Waals surface area contributed by atoms with Crippen LogP contribution in [0.25, 0.3) is 0 Å². The molecule has 108 valence electrons. The monoisotopic (exact) mass is 283 g/mol. The summed E-state index contributed by atoms with van der Waals surface area (Å²) in [4.78, 5) is 0. The summed E-state index contributed by atoms with van der Waals surface area (Å²) in [5, 5.41) is 9.06. The van der Waals surface area contributed by atoms with Gasteiger partial charge in [0.1, 0.15) is 0 Å². The minimum Gasteiger partial charge on any atom is -0.493 e. The molecule has 0 N–H and O–H groups in total. The maximum absolute atomic E-state index is 9.06. The Morgan fingerprint density at radius 2 is 1.76 bits per heavy atom. The van der Waals surface area contributed by atoms with E-state index in [1.165, 1.54) is 0 Å². The first-order valence-electron chi connectivity index (χ1n) is 6.55. The predicted octanol–water partition coefficient (Wildman–Crippen LogP) is 3.29. The molecule has 0 aliphatic rings. The molecule has 0 radical (unpaired) electrons. The molecule has 2 aromatic carbocycles. The van der Waals surface area contributed by atoms with Crippen molar-refractivity contribution in [3.05, 3.63) is 59.2 Å². The quantitative estimate of drug-likeness (QED) is 0.816. The van der Waals surface area contributed by atoms with E-state index in [2.05, 4.69) is 6.07 Å². The Labute approximate surface area is 124 Å². The number of hydrogen-bond acceptors (Lipinski definition) is 4. The van der Waals surface area contributed by atoms with Crippen molar-refractivity contribution in [1.82, 2.24) is 0 Å². The van der Waals surface area contributed by atoms with Crippen LogP contribution in [0.1, 0.15) is 16.7 Å². The SMILES string of the molecule is COc1cc(C#N)cc(COCc2ccccc2)c1OC. The van der Waals surface area contributed by atoms with Gasteiger partial charge in [0.2, 0.25) is 0 Å². The van der Waals surface area contributed by atoms with Crippen LogP contribution in [0.3, 0.4) is 0 Å². The van der Waals surface area contributed by atoms with Crippen LogP contribution in [0.15, 0.2) is 42.5 Å². The second kappa shape index (κ2) is 7.32. The third-order valence-electron chi connectivity index (χ3n) is 3.05. The van der Waals surface area contributed by atoms with Crippen molar-refractivity contribution < 1.29 is 14.2 Å². The van der Waals surface area contributed by atoms with Crippen molar-refractivity contribution in [3.8, 4) is 17.6 Å². The highest BCUT2D eigenvalue weighted by atomic mass is 16.5. The van der Waals surface area contributed by atoms with Gasteiger partial charge in [-0.25, -0.2) is 0 Å². The zero-order valence-electron chi connectivity index (χ0n) is 12.1. The first-order chi connectivity index (χ1) is 10.3. The molecule has 0 saturated carbocycles. The number of nitrogens with zero attached hydrogens (tertiary/aromatic N) is 1. The molecule has 0 spiro atoms. The van der Waals surface area contributed by atoms with Gasteiger partial charge in [0.05, 0.1) is 39.1 Å². The molecule has 0 unspecified atom stereocenters. The molecule has 2 rings (SSSR count). The molecular weight excluding hydrogens is 266 g/mol. The van der Waals surface area contributed by atoms with Crippen molar-refractivity contribution in [3.63, 3.8) is 0 Å². The Morgan fingerprint density at radius 1 is 1.00 bits per heavy atom. The van der Waals surface area contributed by atoms with Crippen molar-refractivity contribution in [2.24, 2.45) is 0 Å². The maximum Gasteiger partial charge on any atom is 0.166 e. The fourth-order valence-corrected chi connectivity index (χ4v) is 2.07. The molecular formula is C17H17NO3. The van der Waals surface area contributed by atoms with Crippen LogP contribution >= 0.6 is 0 Å². The van der Waals surface area contributed by atoms with E-state index in [0.29, 0.717) is 30.3 Å². The Kier molecular flexibility index (Phi) is 5.19. The summed E-state index contributed by atoms with van der Waals surface area (Å²) in [6.07, 6.45) is 0. The fraction of sp³-hybridized carbons (Fsp3) is 0.235. The van der Waals surface area contributed by atoms with Gasteiger partial charge in [-0.15, -0.1) is 0 Å². The van der Waals surface area contributed by atoms with Gasteiger partial charge in [-0.1, -0.05) is 30.3 Å². The molecule has 4 nitrogen and oxygen atoms in total. The van der Waals surface area contributed by atoms with Gasteiger partial charge < -0.3 is 14.2 Å². The number of nitriles is 1. The molecule has 0 bridgehead atoms. The standard InChI is InChI=1S/C17H17NO3/c1-19-16-9-14(10-18)8-15(17(16)20-2)12-21-11-13-6-4-3-5-7-13/h3-9H,11-12H2,1-2H3. The van der Waals surface area contributed by atoms with Crippen molar-refractivity contribution in [2.75, 3.05) is 14.2 Å². The highest BCUT2D eigenvalue weighted by Crippen LogP contribution is 2.33. The van der Waals surface area contributed by atoms with Crippen LogP contribution in [-0.4, -0.2) is 14.2 Å². The minimum atomic E-state index is 0.351. The zero-order chi connectivity index (χ0) is 15.1. The molecule has 0 heterocycles. The maximum atomic E-state index is 9.06. The van der Waals surface area contributed by atoms with Crippen LogP contribution in [0.4, 0.5) is 0 Å². The average Bonchev–Trinajstić information content (AvgIpc) is 2.54. The lowest BCUT2D eigenvalue weighted by Crippen LogP contribution is -2.00. The predicted molar refractivity (Wildman–Crippen MR) is 79.2 cm³/mol. The van der Waals surface area contributed by atoms with E-state index in [-0.39, 0.29) is 0 Å². The Bertz CT molecular complexity index is 632. The minimum absolute atomic E-state index is 0.351. The molecule has 0 aliphatic carbocycles. The Hall–Kier alpha value is -2.51. The lowest BCUT2D eigenvalue weighted by Gasteiger charge is -2.13. The summed E-state index contributed by atoms with van der Waals surface area (Å²) < 4.78 is 16.3. The summed E-state index contributed by atoms with van der Waals surface area (Å²) in [5.74, 6) is 1.14. The van der Waals surface area contributed by atoms with Crippen molar-refractivity contribution in [1.29, 1.82) is 5.26 Å². The largest absolute Gasteiger partial charge is 0.493 e.